The van der Waals surface area contributed by atoms with E-state index in [1.54, 1.807) is 12.1 Å². The van der Waals surface area contributed by atoms with E-state index < -0.39 is 0 Å². The van der Waals surface area contributed by atoms with Crippen molar-refractivity contribution < 1.29 is 18.7 Å². The first kappa shape index (κ1) is 19.4. The van der Waals surface area contributed by atoms with Gasteiger partial charge in [0, 0.05) is 11.0 Å². The van der Waals surface area contributed by atoms with Gasteiger partial charge in [-0.1, -0.05) is 6.92 Å². The summed E-state index contributed by atoms with van der Waals surface area (Å²) in [6.07, 6.45) is 7.60. The third kappa shape index (κ3) is 4.69. The van der Waals surface area contributed by atoms with E-state index >= 15 is 0 Å². The van der Waals surface area contributed by atoms with Crippen LogP contribution in [0.15, 0.2) is 22.6 Å². The van der Waals surface area contributed by atoms with Crippen LogP contribution >= 0.6 is 11.3 Å². The van der Waals surface area contributed by atoms with Crippen molar-refractivity contribution >= 4 is 34.3 Å². The fourth-order valence-electron chi connectivity index (χ4n) is 3.05. The maximum Gasteiger partial charge on any atom is 0.341 e. The first-order valence-electron chi connectivity index (χ1n) is 9.39. The average molecular weight is 388 g/mol. The van der Waals surface area contributed by atoms with Crippen molar-refractivity contribution in [1.29, 1.82) is 0 Å². The summed E-state index contributed by atoms with van der Waals surface area (Å²) in [6.45, 7) is 5.71. The van der Waals surface area contributed by atoms with Gasteiger partial charge in [0.2, 0.25) is 5.91 Å². The lowest BCUT2D eigenvalue weighted by Gasteiger charge is -2.15. The molecule has 0 saturated heterocycles. The summed E-state index contributed by atoms with van der Waals surface area (Å²) in [5.41, 5.74) is 1.58. The van der Waals surface area contributed by atoms with Crippen LogP contribution in [-0.4, -0.2) is 18.0 Å². The molecule has 5 nitrogen and oxygen atoms in total. The molecule has 0 spiro atoms. The number of hydrogen-bond acceptors (Lipinski definition) is 5. The molecule has 0 bridgehead atoms. The lowest BCUT2D eigenvalue weighted by molar-refractivity contribution is -0.111. The lowest BCUT2D eigenvalue weighted by Crippen LogP contribution is -2.18. The summed E-state index contributed by atoms with van der Waals surface area (Å²) < 4.78 is 11.0. The smallest absolute Gasteiger partial charge is 0.341 e. The number of hydrogen-bond donors (Lipinski definition) is 1. The molecular weight excluding hydrogens is 362 g/mol. The standard InChI is InChI=1S/C21H25NO4S/c1-4-13(2)26-21(24)19-16-7-5-6-8-17(16)27-20(19)22-18(23)12-11-15-10-9-14(3)25-15/h9-13H,4-8H2,1-3H3,(H,22,23)/b12-11-/t13-/m1/s1. The molecule has 0 fully saturated rings. The Balaban J connectivity index is 1.81. The second-order valence-electron chi connectivity index (χ2n) is 6.81. The highest BCUT2D eigenvalue weighted by Gasteiger charge is 2.27. The minimum atomic E-state index is -0.343. The van der Waals surface area contributed by atoms with Crippen molar-refractivity contribution in [1.82, 2.24) is 0 Å². The molecule has 2 heterocycles. The van der Waals surface area contributed by atoms with E-state index in [4.69, 9.17) is 9.15 Å². The number of aryl methyl sites for hydroxylation is 2. The molecule has 0 aliphatic heterocycles. The van der Waals surface area contributed by atoms with E-state index in [2.05, 4.69) is 5.32 Å². The summed E-state index contributed by atoms with van der Waals surface area (Å²) in [4.78, 5) is 26.3. The third-order valence-corrected chi connectivity index (χ3v) is 5.86. The van der Waals surface area contributed by atoms with E-state index in [1.165, 1.54) is 22.3 Å². The highest BCUT2D eigenvalue weighted by molar-refractivity contribution is 7.17. The predicted molar refractivity (Wildman–Crippen MR) is 107 cm³/mol. The maximum absolute atomic E-state index is 12.7. The molecule has 2 aromatic rings. The molecule has 1 aliphatic rings. The molecule has 0 unspecified atom stereocenters. The third-order valence-electron chi connectivity index (χ3n) is 4.66. The van der Waals surface area contributed by atoms with Crippen LogP contribution in [0.3, 0.4) is 0 Å². The Hall–Kier alpha value is -2.34. The van der Waals surface area contributed by atoms with Gasteiger partial charge in [0.15, 0.2) is 0 Å². The van der Waals surface area contributed by atoms with Crippen LogP contribution in [0.25, 0.3) is 6.08 Å². The SMILES string of the molecule is CC[C@@H](C)OC(=O)c1c(NC(=O)/C=C\c2ccc(C)o2)sc2c1CCCC2. The maximum atomic E-state index is 12.7. The summed E-state index contributed by atoms with van der Waals surface area (Å²) in [7, 11) is 0. The van der Waals surface area contributed by atoms with Crippen LogP contribution in [0.4, 0.5) is 5.00 Å². The molecule has 3 rings (SSSR count). The normalized spacial score (nSPS) is 14.8. The number of esters is 1. The fraction of sp³-hybridized carbons (Fsp3) is 0.429. The number of carbonyl (C=O) groups is 2. The number of carbonyl (C=O) groups excluding carboxylic acids is 2. The number of nitrogens with one attached hydrogen (secondary N) is 1. The highest BCUT2D eigenvalue weighted by atomic mass is 32.1. The molecule has 1 aliphatic carbocycles. The van der Waals surface area contributed by atoms with Gasteiger partial charge in [-0.2, -0.15) is 0 Å². The van der Waals surface area contributed by atoms with Gasteiger partial charge < -0.3 is 14.5 Å². The number of anilines is 1. The summed E-state index contributed by atoms with van der Waals surface area (Å²) in [5.74, 6) is 0.769. The molecule has 1 atom stereocenters. The number of ether oxygens (including phenoxy) is 1. The zero-order valence-electron chi connectivity index (χ0n) is 16.0. The lowest BCUT2D eigenvalue weighted by atomic mass is 9.95. The van der Waals surface area contributed by atoms with Gasteiger partial charge in [0.05, 0.1) is 11.7 Å². The number of thiophene rings is 1. The number of amides is 1. The topological polar surface area (TPSA) is 68.5 Å². The van der Waals surface area contributed by atoms with Crippen molar-refractivity contribution in [3.63, 3.8) is 0 Å². The summed E-state index contributed by atoms with van der Waals surface area (Å²) in [6, 6.07) is 3.64. The van der Waals surface area contributed by atoms with Gasteiger partial charge in [-0.25, -0.2) is 4.79 Å². The van der Waals surface area contributed by atoms with Crippen LogP contribution in [-0.2, 0) is 22.4 Å². The Morgan fingerprint density at radius 3 is 2.81 bits per heavy atom. The number of furan rings is 1. The number of rotatable bonds is 6. The molecule has 0 radical (unpaired) electrons. The van der Waals surface area contributed by atoms with Crippen LogP contribution in [0.2, 0.25) is 0 Å². The molecule has 0 saturated carbocycles. The van der Waals surface area contributed by atoms with Crippen molar-refractivity contribution in [2.75, 3.05) is 5.32 Å². The zero-order valence-corrected chi connectivity index (χ0v) is 16.8. The van der Waals surface area contributed by atoms with E-state index in [1.807, 2.05) is 26.8 Å². The Morgan fingerprint density at radius 2 is 2.11 bits per heavy atom. The van der Waals surface area contributed by atoms with Crippen molar-refractivity contribution in [3.05, 3.63) is 45.7 Å². The van der Waals surface area contributed by atoms with Crippen LogP contribution in [0, 0.1) is 6.92 Å². The van der Waals surface area contributed by atoms with Crippen LogP contribution in [0.1, 0.15) is 65.4 Å². The quantitative estimate of drug-likeness (QED) is 0.551. The highest BCUT2D eigenvalue weighted by Crippen LogP contribution is 2.38. The summed E-state index contributed by atoms with van der Waals surface area (Å²) >= 11 is 1.49. The Bertz CT molecular complexity index is 862. The van der Waals surface area contributed by atoms with E-state index in [9.17, 15) is 9.59 Å². The van der Waals surface area contributed by atoms with Crippen molar-refractivity contribution in [2.45, 2.75) is 59.0 Å². The van der Waals surface area contributed by atoms with E-state index in [-0.39, 0.29) is 18.0 Å². The van der Waals surface area contributed by atoms with Crippen LogP contribution in [0.5, 0.6) is 0 Å². The second kappa shape index (κ2) is 8.57. The molecule has 27 heavy (non-hydrogen) atoms. The molecule has 0 aromatic carbocycles. The van der Waals surface area contributed by atoms with Crippen molar-refractivity contribution in [2.24, 2.45) is 0 Å². The molecule has 6 heteroatoms. The fourth-order valence-corrected chi connectivity index (χ4v) is 4.33. The van der Waals surface area contributed by atoms with Gasteiger partial charge in [0.25, 0.3) is 0 Å². The van der Waals surface area contributed by atoms with Gasteiger partial charge in [-0.05, 0) is 69.7 Å². The van der Waals surface area contributed by atoms with E-state index in [0.29, 0.717) is 16.3 Å². The van der Waals surface area contributed by atoms with Gasteiger partial charge >= 0.3 is 5.97 Å². The average Bonchev–Trinajstić information content (AvgIpc) is 3.22. The summed E-state index contributed by atoms with van der Waals surface area (Å²) in [5, 5.41) is 3.45. The molecule has 1 N–H and O–H groups in total. The molecule has 1 amide bonds. The zero-order chi connectivity index (χ0) is 19.4. The number of fused-ring (bicyclic) bond motifs is 1. The monoisotopic (exact) mass is 387 g/mol. The molecule has 144 valence electrons. The Labute approximate surface area is 163 Å². The first-order chi connectivity index (χ1) is 13.0. The Kier molecular flexibility index (Phi) is 6.16. The Morgan fingerprint density at radius 1 is 1.33 bits per heavy atom. The van der Waals surface area contributed by atoms with E-state index in [0.717, 1.165) is 43.4 Å². The van der Waals surface area contributed by atoms with Crippen LogP contribution < -0.4 is 5.32 Å². The largest absolute Gasteiger partial charge is 0.462 e. The molecule has 2 aromatic heterocycles. The molecular formula is C21H25NO4S. The van der Waals surface area contributed by atoms with Gasteiger partial charge in [-0.15, -0.1) is 11.3 Å². The minimum Gasteiger partial charge on any atom is -0.462 e. The van der Waals surface area contributed by atoms with Gasteiger partial charge in [-0.3, -0.25) is 4.79 Å². The van der Waals surface area contributed by atoms with Gasteiger partial charge in [0.1, 0.15) is 16.5 Å². The first-order valence-corrected chi connectivity index (χ1v) is 10.2. The minimum absolute atomic E-state index is 0.151. The van der Waals surface area contributed by atoms with Crippen molar-refractivity contribution in [3.8, 4) is 0 Å². The predicted octanol–water partition coefficient (Wildman–Crippen LogP) is 5.14. The second-order valence-corrected chi connectivity index (χ2v) is 7.92.